The first-order valence-electron chi connectivity index (χ1n) is 9.91. The lowest BCUT2D eigenvalue weighted by Crippen LogP contribution is -2.40. The molecule has 0 N–H and O–H groups in total. The molecule has 0 bridgehead atoms. The third-order valence-corrected chi connectivity index (χ3v) is 6.88. The highest BCUT2D eigenvalue weighted by Crippen LogP contribution is 2.26. The molecule has 2 aromatic rings. The van der Waals surface area contributed by atoms with Gasteiger partial charge in [0.1, 0.15) is 18.1 Å². The summed E-state index contributed by atoms with van der Waals surface area (Å²) in [5, 5.41) is 0. The van der Waals surface area contributed by atoms with Crippen molar-refractivity contribution in [3.05, 3.63) is 47.9 Å². The van der Waals surface area contributed by atoms with Crippen LogP contribution in [0.4, 0.5) is 0 Å². The Balaban J connectivity index is 1.51. The van der Waals surface area contributed by atoms with Crippen LogP contribution >= 0.6 is 0 Å². The molecule has 0 spiro atoms. The summed E-state index contributed by atoms with van der Waals surface area (Å²) in [5.41, 5.74) is 0. The molecule has 2 heterocycles. The fourth-order valence-electron chi connectivity index (χ4n) is 3.28. The quantitative estimate of drug-likeness (QED) is 0.563. The fourth-order valence-corrected chi connectivity index (χ4v) is 4.75. The van der Waals surface area contributed by atoms with Gasteiger partial charge in [0.05, 0.1) is 24.5 Å². The number of methoxy groups -OCH3 is 1. The molecule has 0 aliphatic carbocycles. The van der Waals surface area contributed by atoms with Gasteiger partial charge in [-0.25, -0.2) is 13.2 Å². The number of carbonyl (C=O) groups excluding carboxylic acids is 2. The van der Waals surface area contributed by atoms with Crippen molar-refractivity contribution in [2.24, 2.45) is 5.92 Å². The Morgan fingerprint density at radius 1 is 1.10 bits per heavy atom. The minimum atomic E-state index is -3.64. The zero-order valence-electron chi connectivity index (χ0n) is 17.4. The van der Waals surface area contributed by atoms with Gasteiger partial charge < -0.3 is 18.6 Å². The van der Waals surface area contributed by atoms with Crippen molar-refractivity contribution < 1.29 is 36.6 Å². The highest BCUT2D eigenvalue weighted by atomic mass is 32.2. The second-order valence-corrected chi connectivity index (χ2v) is 8.89. The summed E-state index contributed by atoms with van der Waals surface area (Å²) in [5.74, 6) is -0.474. The van der Waals surface area contributed by atoms with Crippen molar-refractivity contribution in [2.75, 3.05) is 26.8 Å². The average molecular weight is 451 g/mol. The number of esters is 2. The third kappa shape index (κ3) is 5.45. The van der Waals surface area contributed by atoms with Crippen LogP contribution in [0, 0.1) is 5.92 Å². The Bertz CT molecular complexity index is 1000. The Kier molecular flexibility index (Phi) is 7.34. The highest BCUT2D eigenvalue weighted by Gasteiger charge is 2.33. The minimum absolute atomic E-state index is 0.0290. The molecular weight excluding hydrogens is 426 g/mol. The number of nitrogens with zero attached hydrogens (tertiary/aromatic N) is 1. The first-order valence-corrected chi connectivity index (χ1v) is 11.4. The Labute approximate surface area is 180 Å². The van der Waals surface area contributed by atoms with E-state index in [1.54, 1.807) is 12.1 Å². The summed E-state index contributed by atoms with van der Waals surface area (Å²) in [4.78, 5) is 23.9. The predicted molar refractivity (Wildman–Crippen MR) is 109 cm³/mol. The maximum atomic E-state index is 12.8. The van der Waals surface area contributed by atoms with Crippen LogP contribution in [0.5, 0.6) is 5.75 Å². The predicted octanol–water partition coefficient (Wildman–Crippen LogP) is 2.61. The van der Waals surface area contributed by atoms with E-state index in [1.165, 1.54) is 35.7 Å². The summed E-state index contributed by atoms with van der Waals surface area (Å²) < 4.78 is 47.5. The maximum Gasteiger partial charge on any atom is 0.373 e. The molecule has 0 atom stereocenters. The van der Waals surface area contributed by atoms with E-state index >= 15 is 0 Å². The number of furan rings is 1. The second-order valence-electron chi connectivity index (χ2n) is 6.95. The molecule has 168 valence electrons. The van der Waals surface area contributed by atoms with E-state index in [-0.39, 0.29) is 30.4 Å². The van der Waals surface area contributed by atoms with Gasteiger partial charge in [0.25, 0.3) is 0 Å². The van der Waals surface area contributed by atoms with E-state index in [1.807, 2.05) is 6.92 Å². The molecule has 9 nitrogen and oxygen atoms in total. The number of piperidine rings is 1. The molecule has 1 aromatic heterocycles. The van der Waals surface area contributed by atoms with Gasteiger partial charge in [0.2, 0.25) is 15.8 Å². The topological polar surface area (TPSA) is 112 Å². The van der Waals surface area contributed by atoms with Gasteiger partial charge in [-0.2, -0.15) is 4.31 Å². The Morgan fingerprint density at radius 2 is 1.77 bits per heavy atom. The van der Waals surface area contributed by atoms with Crippen LogP contribution in [0.2, 0.25) is 0 Å². The van der Waals surface area contributed by atoms with Gasteiger partial charge in [-0.3, -0.25) is 4.79 Å². The van der Waals surface area contributed by atoms with Crippen LogP contribution in [0.25, 0.3) is 0 Å². The first kappa shape index (κ1) is 22.8. The van der Waals surface area contributed by atoms with Gasteiger partial charge >= 0.3 is 11.9 Å². The van der Waals surface area contributed by atoms with Gasteiger partial charge in [-0.15, -0.1) is 0 Å². The van der Waals surface area contributed by atoms with Crippen LogP contribution in [-0.4, -0.2) is 51.5 Å². The van der Waals surface area contributed by atoms with E-state index in [9.17, 15) is 18.0 Å². The number of benzene rings is 1. The normalized spacial score (nSPS) is 15.4. The number of hydrogen-bond acceptors (Lipinski definition) is 8. The molecular formula is C21H25NO8S. The zero-order chi connectivity index (χ0) is 22.4. The highest BCUT2D eigenvalue weighted by molar-refractivity contribution is 7.89. The molecule has 0 amide bonds. The van der Waals surface area contributed by atoms with E-state index in [0.717, 1.165) is 0 Å². The van der Waals surface area contributed by atoms with E-state index < -0.39 is 27.9 Å². The molecule has 0 unspecified atom stereocenters. The minimum Gasteiger partial charge on any atom is -0.494 e. The largest absolute Gasteiger partial charge is 0.494 e. The van der Waals surface area contributed by atoms with Gasteiger partial charge in [-0.05, 0) is 56.2 Å². The lowest BCUT2D eigenvalue weighted by Gasteiger charge is -2.30. The third-order valence-electron chi connectivity index (χ3n) is 4.96. The van der Waals surface area contributed by atoms with E-state index in [0.29, 0.717) is 31.0 Å². The Morgan fingerprint density at radius 3 is 2.39 bits per heavy atom. The fraction of sp³-hybridized carbons (Fsp3) is 0.429. The number of hydrogen-bond donors (Lipinski definition) is 0. The summed E-state index contributed by atoms with van der Waals surface area (Å²) in [6.45, 7) is 2.70. The SMILES string of the molecule is CCOc1ccc(S(=O)(=O)N2CCC(C(=O)OCc3ccc(C(=O)OC)o3)CC2)cc1. The average Bonchev–Trinajstić information content (AvgIpc) is 3.27. The molecule has 0 saturated carbocycles. The standard InChI is InChI=1S/C21H25NO8S/c1-3-28-16-4-7-18(8-5-16)31(25,26)22-12-10-15(11-13-22)20(23)29-14-17-6-9-19(30-17)21(24)27-2/h4-9,15H,3,10-14H2,1-2H3. The zero-order valence-corrected chi connectivity index (χ0v) is 18.2. The molecule has 1 saturated heterocycles. The number of carbonyl (C=O) groups is 2. The summed E-state index contributed by atoms with van der Waals surface area (Å²) in [7, 11) is -2.40. The maximum absolute atomic E-state index is 12.8. The first-order chi connectivity index (χ1) is 14.8. The summed E-state index contributed by atoms with van der Waals surface area (Å²) >= 11 is 0. The van der Waals surface area contributed by atoms with Gasteiger partial charge in [0, 0.05) is 13.1 Å². The molecule has 1 aliphatic heterocycles. The van der Waals surface area contributed by atoms with Crippen molar-refractivity contribution in [3.8, 4) is 5.75 Å². The van der Waals surface area contributed by atoms with Crippen molar-refractivity contribution in [3.63, 3.8) is 0 Å². The van der Waals surface area contributed by atoms with Gasteiger partial charge in [-0.1, -0.05) is 0 Å². The van der Waals surface area contributed by atoms with Crippen LogP contribution in [-0.2, 0) is 30.9 Å². The van der Waals surface area contributed by atoms with Crippen molar-refractivity contribution in [1.29, 1.82) is 0 Å². The number of sulfonamides is 1. The van der Waals surface area contributed by atoms with E-state index in [4.69, 9.17) is 13.9 Å². The molecule has 1 fully saturated rings. The monoisotopic (exact) mass is 451 g/mol. The summed E-state index contributed by atoms with van der Waals surface area (Å²) in [6.07, 6.45) is 0.724. The molecule has 31 heavy (non-hydrogen) atoms. The smallest absolute Gasteiger partial charge is 0.373 e. The lowest BCUT2D eigenvalue weighted by atomic mass is 9.98. The molecule has 1 aromatic carbocycles. The van der Waals surface area contributed by atoms with Crippen LogP contribution < -0.4 is 4.74 Å². The number of ether oxygens (including phenoxy) is 3. The van der Waals surface area contributed by atoms with Crippen molar-refractivity contribution >= 4 is 22.0 Å². The molecule has 3 rings (SSSR count). The van der Waals surface area contributed by atoms with Crippen LogP contribution in [0.15, 0.2) is 45.7 Å². The summed E-state index contributed by atoms with van der Waals surface area (Å²) in [6, 6.07) is 9.27. The molecule has 1 aliphatic rings. The van der Waals surface area contributed by atoms with Crippen LogP contribution in [0.3, 0.4) is 0 Å². The lowest BCUT2D eigenvalue weighted by molar-refractivity contribution is -0.151. The van der Waals surface area contributed by atoms with Crippen LogP contribution in [0.1, 0.15) is 36.1 Å². The second kappa shape index (κ2) is 9.97. The molecule has 0 radical (unpaired) electrons. The number of rotatable bonds is 8. The Hall–Kier alpha value is -2.85. The van der Waals surface area contributed by atoms with Crippen molar-refractivity contribution in [1.82, 2.24) is 4.31 Å². The van der Waals surface area contributed by atoms with Crippen molar-refractivity contribution in [2.45, 2.75) is 31.3 Å². The van der Waals surface area contributed by atoms with E-state index in [2.05, 4.69) is 4.74 Å². The van der Waals surface area contributed by atoms with Gasteiger partial charge in [0.15, 0.2) is 0 Å². The molecule has 10 heteroatoms.